The highest BCUT2D eigenvalue weighted by Crippen LogP contribution is 2.36. The molecule has 0 radical (unpaired) electrons. The van der Waals surface area contributed by atoms with Crippen molar-refractivity contribution in [3.63, 3.8) is 0 Å². The van der Waals surface area contributed by atoms with Gasteiger partial charge in [-0.05, 0) is 43.9 Å². The van der Waals surface area contributed by atoms with E-state index >= 15 is 0 Å². The van der Waals surface area contributed by atoms with Crippen molar-refractivity contribution in [2.24, 2.45) is 5.92 Å². The van der Waals surface area contributed by atoms with E-state index in [9.17, 15) is 26.4 Å². The first kappa shape index (κ1) is 22.4. The van der Waals surface area contributed by atoms with Crippen molar-refractivity contribution in [2.75, 3.05) is 13.1 Å². The quantitative estimate of drug-likeness (QED) is 0.744. The van der Waals surface area contributed by atoms with Crippen LogP contribution in [0, 0.1) is 5.92 Å². The van der Waals surface area contributed by atoms with Crippen LogP contribution in [0.2, 0.25) is 5.02 Å². The van der Waals surface area contributed by atoms with E-state index < -0.39 is 31.7 Å². The lowest BCUT2D eigenvalue weighted by Crippen LogP contribution is -2.45. The van der Waals surface area contributed by atoms with Crippen LogP contribution < -0.4 is 5.32 Å². The molecule has 1 aliphatic carbocycles. The third kappa shape index (κ3) is 5.24. The topological polar surface area (TPSA) is 66.5 Å². The summed E-state index contributed by atoms with van der Waals surface area (Å²) in [7, 11) is -4.09. The van der Waals surface area contributed by atoms with Crippen molar-refractivity contribution < 1.29 is 26.4 Å². The van der Waals surface area contributed by atoms with E-state index in [0.29, 0.717) is 18.9 Å². The number of carbonyl (C=O) groups is 1. The van der Waals surface area contributed by atoms with Gasteiger partial charge in [-0.25, -0.2) is 8.42 Å². The maximum atomic E-state index is 13.1. The minimum Gasteiger partial charge on any atom is -0.353 e. The van der Waals surface area contributed by atoms with E-state index in [1.54, 1.807) is 0 Å². The van der Waals surface area contributed by atoms with Crippen LogP contribution in [0.15, 0.2) is 23.1 Å². The number of benzene rings is 1. The van der Waals surface area contributed by atoms with Crippen molar-refractivity contribution >= 4 is 27.5 Å². The largest absolute Gasteiger partial charge is 0.417 e. The lowest BCUT2D eigenvalue weighted by Gasteiger charge is -2.32. The molecule has 1 aliphatic heterocycles. The zero-order valence-electron chi connectivity index (χ0n) is 15.8. The Morgan fingerprint density at radius 3 is 2.28 bits per heavy atom. The molecule has 0 unspecified atom stereocenters. The van der Waals surface area contributed by atoms with Gasteiger partial charge in [0.25, 0.3) is 0 Å². The van der Waals surface area contributed by atoms with Gasteiger partial charge in [0, 0.05) is 25.0 Å². The van der Waals surface area contributed by atoms with Crippen LogP contribution in [0.25, 0.3) is 0 Å². The van der Waals surface area contributed by atoms with Crippen molar-refractivity contribution in [1.82, 2.24) is 9.62 Å². The van der Waals surface area contributed by atoms with Gasteiger partial charge in [0.1, 0.15) is 0 Å². The van der Waals surface area contributed by atoms with Gasteiger partial charge in [-0.3, -0.25) is 4.79 Å². The zero-order chi connectivity index (χ0) is 21.2. The maximum Gasteiger partial charge on any atom is 0.417 e. The minimum atomic E-state index is -4.74. The van der Waals surface area contributed by atoms with Crippen LogP contribution in [0.4, 0.5) is 13.2 Å². The average molecular weight is 453 g/mol. The number of carbonyl (C=O) groups excluding carboxylic acids is 1. The summed E-state index contributed by atoms with van der Waals surface area (Å²) in [4.78, 5) is 12.0. The lowest BCUT2D eigenvalue weighted by molar-refractivity contribution is -0.137. The summed E-state index contributed by atoms with van der Waals surface area (Å²) in [6, 6.07) is 2.78. The highest BCUT2D eigenvalue weighted by molar-refractivity contribution is 7.89. The van der Waals surface area contributed by atoms with Crippen molar-refractivity contribution in [3.8, 4) is 0 Å². The Kier molecular flexibility index (Phi) is 6.80. The number of hydrogen-bond acceptors (Lipinski definition) is 3. The molecule has 1 aromatic rings. The molecular weight excluding hydrogens is 429 g/mol. The molecule has 0 spiro atoms. The van der Waals surface area contributed by atoms with Crippen LogP contribution in [0.3, 0.4) is 0 Å². The number of sulfonamides is 1. The number of hydrogen-bond donors (Lipinski definition) is 1. The fourth-order valence-corrected chi connectivity index (χ4v) is 5.68. The van der Waals surface area contributed by atoms with Gasteiger partial charge in [-0.2, -0.15) is 17.5 Å². The summed E-state index contributed by atoms with van der Waals surface area (Å²) < 4.78 is 65.9. The number of rotatable bonds is 4. The molecule has 0 bridgehead atoms. The summed E-state index contributed by atoms with van der Waals surface area (Å²) in [5.74, 6) is -0.334. The molecule has 1 N–H and O–H groups in total. The molecule has 2 fully saturated rings. The Morgan fingerprint density at radius 2 is 1.69 bits per heavy atom. The molecule has 162 valence electrons. The smallest absolute Gasteiger partial charge is 0.353 e. The molecule has 1 saturated heterocycles. The first-order valence-electron chi connectivity index (χ1n) is 9.76. The van der Waals surface area contributed by atoms with Gasteiger partial charge in [-0.1, -0.05) is 30.9 Å². The Morgan fingerprint density at radius 1 is 1.07 bits per heavy atom. The first-order chi connectivity index (χ1) is 13.6. The second-order valence-electron chi connectivity index (χ2n) is 7.66. The number of nitrogens with one attached hydrogen (secondary N) is 1. The normalized spacial score (nSPS) is 20.6. The van der Waals surface area contributed by atoms with Crippen molar-refractivity contribution in [1.29, 1.82) is 0 Å². The van der Waals surface area contributed by atoms with E-state index in [0.717, 1.165) is 42.1 Å². The molecule has 1 saturated carbocycles. The lowest BCUT2D eigenvalue weighted by atomic mass is 9.93. The number of alkyl halides is 3. The van der Waals surface area contributed by atoms with Crippen molar-refractivity contribution in [2.45, 2.75) is 62.1 Å². The second-order valence-corrected chi connectivity index (χ2v) is 10.0. The molecule has 29 heavy (non-hydrogen) atoms. The van der Waals surface area contributed by atoms with Crippen LogP contribution in [0.1, 0.15) is 50.5 Å². The van der Waals surface area contributed by atoms with E-state index in [2.05, 4.69) is 5.32 Å². The Balaban J connectivity index is 1.64. The van der Waals surface area contributed by atoms with Gasteiger partial charge in [0.2, 0.25) is 15.9 Å². The Hall–Kier alpha value is -1.32. The number of nitrogens with zero attached hydrogens (tertiary/aromatic N) is 1. The highest BCUT2D eigenvalue weighted by atomic mass is 35.5. The predicted molar refractivity (Wildman–Crippen MR) is 103 cm³/mol. The Bertz CT molecular complexity index is 847. The van der Waals surface area contributed by atoms with Crippen LogP contribution >= 0.6 is 11.6 Å². The minimum absolute atomic E-state index is 0.0557. The van der Waals surface area contributed by atoms with Gasteiger partial charge >= 0.3 is 6.18 Å². The predicted octanol–water partition coefficient (Wildman–Crippen LogP) is 4.21. The summed E-state index contributed by atoms with van der Waals surface area (Å²) in [5, 5.41) is 2.51. The highest BCUT2D eigenvalue weighted by Gasteiger charge is 2.37. The molecule has 1 aromatic carbocycles. The van der Waals surface area contributed by atoms with Gasteiger partial charge in [0.05, 0.1) is 15.5 Å². The van der Waals surface area contributed by atoms with Crippen molar-refractivity contribution in [3.05, 3.63) is 28.8 Å². The summed E-state index contributed by atoms with van der Waals surface area (Å²) in [6.45, 7) is 0.185. The molecule has 10 heteroatoms. The third-order valence-electron chi connectivity index (χ3n) is 5.66. The molecule has 0 aromatic heterocycles. The molecule has 5 nitrogen and oxygen atoms in total. The summed E-state index contributed by atoms with van der Waals surface area (Å²) >= 11 is 5.58. The van der Waals surface area contributed by atoms with Crippen LogP contribution in [0.5, 0.6) is 0 Å². The molecule has 0 atom stereocenters. The molecular formula is C19H24ClF3N2O3S. The first-order valence-corrected chi connectivity index (χ1v) is 11.6. The van der Waals surface area contributed by atoms with E-state index in [1.165, 1.54) is 6.42 Å². The standard InChI is InChI=1S/C19H24ClF3N2O3S/c20-17-7-6-15(12-16(17)19(21,22)23)29(27,28)25-10-8-13(9-11-25)18(26)24-14-4-2-1-3-5-14/h6-7,12-14H,1-5,8-11H2,(H,24,26). The average Bonchev–Trinajstić information content (AvgIpc) is 2.68. The summed E-state index contributed by atoms with van der Waals surface area (Å²) in [5.41, 5.74) is -1.18. The van der Waals surface area contributed by atoms with E-state index in [1.807, 2.05) is 0 Å². The second kappa shape index (κ2) is 8.81. The van der Waals surface area contributed by atoms with Gasteiger partial charge < -0.3 is 5.32 Å². The number of halogens is 4. The number of piperidine rings is 1. The molecule has 1 heterocycles. The maximum absolute atomic E-state index is 13.1. The molecule has 2 aliphatic rings. The summed E-state index contributed by atoms with van der Waals surface area (Å²) in [6.07, 6.45) is 1.27. The van der Waals surface area contributed by atoms with Crippen LogP contribution in [-0.2, 0) is 21.0 Å². The van der Waals surface area contributed by atoms with E-state index in [4.69, 9.17) is 11.6 Å². The van der Waals surface area contributed by atoms with Gasteiger partial charge in [0.15, 0.2) is 0 Å². The SMILES string of the molecule is O=C(NC1CCCCC1)C1CCN(S(=O)(=O)c2ccc(Cl)c(C(F)(F)F)c2)CC1. The Labute approximate surface area is 173 Å². The zero-order valence-corrected chi connectivity index (χ0v) is 17.4. The van der Waals surface area contributed by atoms with Crippen LogP contribution in [-0.4, -0.2) is 37.8 Å². The molecule has 1 amide bonds. The monoisotopic (exact) mass is 452 g/mol. The molecule has 3 rings (SSSR count). The van der Waals surface area contributed by atoms with Gasteiger partial charge in [-0.15, -0.1) is 0 Å². The third-order valence-corrected chi connectivity index (χ3v) is 7.88. The number of amides is 1. The fourth-order valence-electron chi connectivity index (χ4n) is 3.96. The fraction of sp³-hybridized carbons (Fsp3) is 0.632. The van der Waals surface area contributed by atoms with E-state index in [-0.39, 0.29) is 31.0 Å².